The van der Waals surface area contributed by atoms with Crippen LogP contribution in [0.2, 0.25) is 0 Å². The van der Waals surface area contributed by atoms with Gasteiger partial charge in [-0.05, 0) is 0 Å². The zero-order chi connectivity index (χ0) is 8.55. The first kappa shape index (κ1) is 7.21. The lowest BCUT2D eigenvalue weighted by Gasteiger charge is -2.01. The molecule has 2 aromatic heterocycles. The standard InChI is InChI=1S/C8H10N4/c1-6(2)8-10-4-7-3-9-5-12(7)11-8/h3-6H,1-2H3. The van der Waals surface area contributed by atoms with Crippen LogP contribution in [0.4, 0.5) is 0 Å². The van der Waals surface area contributed by atoms with Crippen LogP contribution in [0.1, 0.15) is 25.6 Å². The van der Waals surface area contributed by atoms with Gasteiger partial charge in [0.15, 0.2) is 5.82 Å². The molecule has 0 aromatic carbocycles. The Bertz CT molecular complexity index is 391. The van der Waals surface area contributed by atoms with Crippen LogP contribution in [-0.4, -0.2) is 19.6 Å². The number of hydrogen-bond acceptors (Lipinski definition) is 3. The highest BCUT2D eigenvalue weighted by Crippen LogP contribution is 2.07. The second-order valence-corrected chi connectivity index (χ2v) is 3.03. The zero-order valence-electron chi connectivity index (χ0n) is 7.10. The first-order valence-corrected chi connectivity index (χ1v) is 3.92. The van der Waals surface area contributed by atoms with Crippen LogP contribution < -0.4 is 0 Å². The topological polar surface area (TPSA) is 43.1 Å². The van der Waals surface area contributed by atoms with Gasteiger partial charge in [-0.15, -0.1) is 0 Å². The van der Waals surface area contributed by atoms with E-state index in [1.54, 1.807) is 23.2 Å². The van der Waals surface area contributed by atoms with E-state index in [4.69, 9.17) is 0 Å². The molecule has 62 valence electrons. The molecule has 2 rings (SSSR count). The lowest BCUT2D eigenvalue weighted by atomic mass is 10.2. The fourth-order valence-corrected chi connectivity index (χ4v) is 1.01. The highest BCUT2D eigenvalue weighted by Gasteiger charge is 2.03. The molecule has 0 saturated carbocycles. The third-order valence-electron chi connectivity index (χ3n) is 1.70. The summed E-state index contributed by atoms with van der Waals surface area (Å²) in [6.45, 7) is 4.14. The molecule has 0 spiro atoms. The summed E-state index contributed by atoms with van der Waals surface area (Å²) in [4.78, 5) is 8.17. The van der Waals surface area contributed by atoms with Crippen molar-refractivity contribution in [3.63, 3.8) is 0 Å². The average molecular weight is 162 g/mol. The first-order chi connectivity index (χ1) is 5.77. The maximum Gasteiger partial charge on any atom is 0.151 e. The maximum absolute atomic E-state index is 4.28. The third kappa shape index (κ3) is 1.05. The van der Waals surface area contributed by atoms with Crippen molar-refractivity contribution >= 4 is 5.52 Å². The summed E-state index contributed by atoms with van der Waals surface area (Å²) in [6, 6.07) is 0. The molecular formula is C8H10N4. The summed E-state index contributed by atoms with van der Waals surface area (Å²) in [7, 11) is 0. The second-order valence-electron chi connectivity index (χ2n) is 3.03. The normalized spacial score (nSPS) is 11.2. The summed E-state index contributed by atoms with van der Waals surface area (Å²) in [5.74, 6) is 1.21. The Morgan fingerprint density at radius 2 is 2.17 bits per heavy atom. The Balaban J connectivity index is 2.60. The lowest BCUT2D eigenvalue weighted by molar-refractivity contribution is 0.717. The molecule has 4 nitrogen and oxygen atoms in total. The number of aromatic nitrogens is 4. The third-order valence-corrected chi connectivity index (χ3v) is 1.70. The van der Waals surface area contributed by atoms with Gasteiger partial charge in [-0.3, -0.25) is 0 Å². The molecule has 0 amide bonds. The number of fused-ring (bicyclic) bond motifs is 1. The van der Waals surface area contributed by atoms with Crippen LogP contribution in [-0.2, 0) is 0 Å². The Morgan fingerprint density at radius 1 is 1.33 bits per heavy atom. The van der Waals surface area contributed by atoms with Gasteiger partial charge in [0.25, 0.3) is 0 Å². The van der Waals surface area contributed by atoms with Gasteiger partial charge in [-0.2, -0.15) is 5.10 Å². The average Bonchev–Trinajstić information content (AvgIpc) is 2.49. The van der Waals surface area contributed by atoms with Crippen molar-refractivity contribution in [2.24, 2.45) is 0 Å². The fraction of sp³-hybridized carbons (Fsp3) is 0.375. The summed E-state index contributed by atoms with van der Waals surface area (Å²) < 4.78 is 1.74. The van der Waals surface area contributed by atoms with E-state index in [0.29, 0.717) is 5.92 Å². The smallest absolute Gasteiger partial charge is 0.151 e. The van der Waals surface area contributed by atoms with Crippen molar-refractivity contribution in [2.45, 2.75) is 19.8 Å². The van der Waals surface area contributed by atoms with Gasteiger partial charge in [0.2, 0.25) is 0 Å². The van der Waals surface area contributed by atoms with Crippen molar-refractivity contribution in [1.82, 2.24) is 19.6 Å². The van der Waals surface area contributed by atoms with Gasteiger partial charge in [-0.1, -0.05) is 13.8 Å². The molecule has 0 saturated heterocycles. The molecule has 0 radical (unpaired) electrons. The minimum Gasteiger partial charge on any atom is -0.242 e. The number of rotatable bonds is 1. The molecule has 0 aliphatic rings. The summed E-state index contributed by atoms with van der Waals surface area (Å²) in [5.41, 5.74) is 0.930. The van der Waals surface area contributed by atoms with Gasteiger partial charge in [0, 0.05) is 5.92 Å². The Labute approximate surface area is 70.3 Å². The highest BCUT2D eigenvalue weighted by molar-refractivity contribution is 5.39. The maximum atomic E-state index is 4.28. The molecule has 4 heteroatoms. The number of imidazole rings is 1. The van der Waals surface area contributed by atoms with E-state index in [1.165, 1.54) is 0 Å². The van der Waals surface area contributed by atoms with E-state index in [1.807, 2.05) is 0 Å². The van der Waals surface area contributed by atoms with E-state index in [-0.39, 0.29) is 0 Å². The van der Waals surface area contributed by atoms with Crippen LogP contribution in [0.3, 0.4) is 0 Å². The molecule has 0 unspecified atom stereocenters. The molecule has 2 heterocycles. The van der Waals surface area contributed by atoms with E-state index < -0.39 is 0 Å². The zero-order valence-corrected chi connectivity index (χ0v) is 7.10. The Morgan fingerprint density at radius 3 is 2.92 bits per heavy atom. The van der Waals surface area contributed by atoms with Crippen LogP contribution >= 0.6 is 0 Å². The van der Waals surface area contributed by atoms with Crippen LogP contribution in [0.5, 0.6) is 0 Å². The van der Waals surface area contributed by atoms with Gasteiger partial charge < -0.3 is 0 Å². The minimum atomic E-state index is 0.358. The van der Waals surface area contributed by atoms with Crippen molar-refractivity contribution in [1.29, 1.82) is 0 Å². The summed E-state index contributed by atoms with van der Waals surface area (Å²) >= 11 is 0. The largest absolute Gasteiger partial charge is 0.242 e. The molecule has 2 aromatic rings. The van der Waals surface area contributed by atoms with Gasteiger partial charge in [0.1, 0.15) is 11.8 Å². The molecule has 0 aliphatic carbocycles. The van der Waals surface area contributed by atoms with E-state index in [9.17, 15) is 0 Å². The Hall–Kier alpha value is -1.45. The molecule has 0 N–H and O–H groups in total. The minimum absolute atomic E-state index is 0.358. The van der Waals surface area contributed by atoms with E-state index in [0.717, 1.165) is 11.3 Å². The lowest BCUT2D eigenvalue weighted by Crippen LogP contribution is -2.01. The summed E-state index contributed by atoms with van der Waals surface area (Å²) in [5, 5.41) is 4.28. The van der Waals surface area contributed by atoms with Crippen LogP contribution in [0.15, 0.2) is 18.7 Å². The quantitative estimate of drug-likeness (QED) is 0.633. The first-order valence-electron chi connectivity index (χ1n) is 3.92. The van der Waals surface area contributed by atoms with Crippen molar-refractivity contribution in [3.05, 3.63) is 24.5 Å². The molecule has 0 bridgehead atoms. The van der Waals surface area contributed by atoms with Gasteiger partial charge >= 0.3 is 0 Å². The van der Waals surface area contributed by atoms with Crippen molar-refractivity contribution in [2.75, 3.05) is 0 Å². The predicted octanol–water partition coefficient (Wildman–Crippen LogP) is 1.25. The van der Waals surface area contributed by atoms with Crippen LogP contribution in [0, 0.1) is 0 Å². The molecule has 12 heavy (non-hydrogen) atoms. The van der Waals surface area contributed by atoms with Crippen LogP contribution in [0.25, 0.3) is 5.52 Å². The van der Waals surface area contributed by atoms with E-state index in [2.05, 4.69) is 28.9 Å². The monoisotopic (exact) mass is 162 g/mol. The molecule has 0 aliphatic heterocycles. The molecular weight excluding hydrogens is 152 g/mol. The number of hydrogen-bond donors (Lipinski definition) is 0. The SMILES string of the molecule is CC(C)c1ncc2cncn2n1. The fourth-order valence-electron chi connectivity index (χ4n) is 1.01. The number of nitrogens with zero attached hydrogens (tertiary/aromatic N) is 4. The highest BCUT2D eigenvalue weighted by atomic mass is 15.3. The van der Waals surface area contributed by atoms with Crippen molar-refractivity contribution in [3.8, 4) is 0 Å². The van der Waals surface area contributed by atoms with E-state index >= 15 is 0 Å². The molecule has 0 fully saturated rings. The van der Waals surface area contributed by atoms with Crippen molar-refractivity contribution < 1.29 is 0 Å². The summed E-state index contributed by atoms with van der Waals surface area (Å²) in [6.07, 6.45) is 5.21. The van der Waals surface area contributed by atoms with Gasteiger partial charge in [-0.25, -0.2) is 14.5 Å². The molecule has 0 atom stereocenters. The predicted molar refractivity (Wildman–Crippen MR) is 44.9 cm³/mol. The second kappa shape index (κ2) is 2.55. The Kier molecular flexibility index (Phi) is 1.53. The van der Waals surface area contributed by atoms with Gasteiger partial charge in [0.05, 0.1) is 12.4 Å².